The summed E-state index contributed by atoms with van der Waals surface area (Å²) in [4.78, 5) is 50.8. The van der Waals surface area contributed by atoms with Gasteiger partial charge in [0.25, 0.3) is 17.7 Å². The number of imide groups is 1. The van der Waals surface area contributed by atoms with Crippen LogP contribution in [0.15, 0.2) is 12.2 Å². The van der Waals surface area contributed by atoms with Gasteiger partial charge in [-0.1, -0.05) is 12.2 Å². The summed E-state index contributed by atoms with van der Waals surface area (Å²) in [5, 5.41) is 0.732. The van der Waals surface area contributed by atoms with Gasteiger partial charge in [-0.2, -0.15) is 0 Å². The first kappa shape index (κ1) is 12.4. The summed E-state index contributed by atoms with van der Waals surface area (Å²) in [6, 6.07) is 0. The van der Waals surface area contributed by atoms with Gasteiger partial charge in [-0.05, 0) is 0 Å². The average Bonchev–Trinajstić information content (AvgIpc) is 2.79. The summed E-state index contributed by atoms with van der Waals surface area (Å²) >= 11 is 4.83. The van der Waals surface area contributed by atoms with Gasteiger partial charge in [0.2, 0.25) is 0 Å². The number of hydrogen-bond donors (Lipinski definition) is 0. The van der Waals surface area contributed by atoms with Gasteiger partial charge in [-0.15, -0.1) is 5.06 Å². The van der Waals surface area contributed by atoms with Crippen LogP contribution in [-0.2, 0) is 24.0 Å². The topological polar surface area (TPSA) is 84.0 Å². The number of carbonyl (C=O) groups excluding carboxylic acids is 4. The molecule has 94 valence electrons. The predicted molar refractivity (Wildman–Crippen MR) is 60.6 cm³/mol. The highest BCUT2D eigenvalue weighted by Gasteiger charge is 2.32. The fourth-order valence-electron chi connectivity index (χ4n) is 1.50. The lowest BCUT2D eigenvalue weighted by atomic mass is 10.4. The van der Waals surface area contributed by atoms with Crippen molar-refractivity contribution in [2.45, 2.75) is 12.8 Å². The molecule has 0 aromatic carbocycles. The molecule has 2 rings (SSSR count). The Morgan fingerprint density at radius 1 is 1.22 bits per heavy atom. The van der Waals surface area contributed by atoms with Crippen molar-refractivity contribution < 1.29 is 24.0 Å². The zero-order valence-corrected chi connectivity index (χ0v) is 9.94. The minimum Gasteiger partial charge on any atom is -0.331 e. The monoisotopic (exact) mass is 268 g/mol. The second-order valence-corrected chi connectivity index (χ2v) is 4.11. The third kappa shape index (κ3) is 2.28. The fourth-order valence-corrected chi connectivity index (χ4v) is 1.75. The number of rotatable bonds is 3. The maximum absolute atomic E-state index is 11.5. The Morgan fingerprint density at radius 2 is 1.83 bits per heavy atom. The van der Waals surface area contributed by atoms with Crippen LogP contribution in [-0.4, -0.2) is 45.2 Å². The molecule has 7 nitrogen and oxygen atoms in total. The second kappa shape index (κ2) is 4.65. The molecule has 2 aliphatic heterocycles. The van der Waals surface area contributed by atoms with Gasteiger partial charge in [0.05, 0.1) is 0 Å². The zero-order chi connectivity index (χ0) is 13.3. The third-order valence-electron chi connectivity index (χ3n) is 2.39. The summed E-state index contributed by atoms with van der Waals surface area (Å²) in [6.45, 7) is -0.545. The molecule has 0 unspecified atom stereocenters. The molecule has 0 aromatic rings. The molecule has 2 aliphatic rings. The molecule has 2 heterocycles. The van der Waals surface area contributed by atoms with Crippen molar-refractivity contribution in [1.29, 1.82) is 0 Å². The molecule has 3 amide bonds. The molecule has 0 aliphatic carbocycles. The van der Waals surface area contributed by atoms with E-state index in [1.54, 1.807) is 0 Å². The minimum absolute atomic E-state index is 0.190. The Balaban J connectivity index is 1.93. The van der Waals surface area contributed by atoms with Crippen LogP contribution < -0.4 is 0 Å². The third-order valence-corrected chi connectivity index (χ3v) is 2.76. The molecule has 0 N–H and O–H groups in total. The van der Waals surface area contributed by atoms with E-state index in [1.165, 1.54) is 0 Å². The standard InChI is InChI=1S/C10H8N2O5S/c13-6-1-2-7(14)11(6)5-10(16)17-12-8(15)3-4-9(12)18/h1-2H,3-5H2. The van der Waals surface area contributed by atoms with Gasteiger partial charge >= 0.3 is 5.97 Å². The molecule has 0 spiro atoms. The van der Waals surface area contributed by atoms with Crippen molar-refractivity contribution in [3.8, 4) is 0 Å². The van der Waals surface area contributed by atoms with Crippen LogP contribution in [0.5, 0.6) is 0 Å². The van der Waals surface area contributed by atoms with E-state index in [1.807, 2.05) is 0 Å². The van der Waals surface area contributed by atoms with E-state index in [0.29, 0.717) is 11.3 Å². The number of carbonyl (C=O) groups is 4. The quantitative estimate of drug-likeness (QED) is 0.498. The first-order valence-electron chi connectivity index (χ1n) is 5.09. The molecule has 0 saturated carbocycles. The molecule has 0 aromatic heterocycles. The smallest absolute Gasteiger partial charge is 0.331 e. The number of hydroxylamine groups is 2. The van der Waals surface area contributed by atoms with Gasteiger partial charge in [0.15, 0.2) is 0 Å². The maximum Gasteiger partial charge on any atom is 0.352 e. The van der Waals surface area contributed by atoms with Gasteiger partial charge in [-0.3, -0.25) is 19.3 Å². The lowest BCUT2D eigenvalue weighted by Gasteiger charge is -2.17. The van der Waals surface area contributed by atoms with Crippen LogP contribution in [0.3, 0.4) is 0 Å². The van der Waals surface area contributed by atoms with Crippen molar-refractivity contribution >= 4 is 40.9 Å². The Hall–Kier alpha value is -2.09. The highest BCUT2D eigenvalue weighted by atomic mass is 32.1. The Morgan fingerprint density at radius 3 is 2.33 bits per heavy atom. The molecule has 8 heteroatoms. The first-order valence-corrected chi connectivity index (χ1v) is 5.50. The van der Waals surface area contributed by atoms with Crippen molar-refractivity contribution in [3.63, 3.8) is 0 Å². The minimum atomic E-state index is -0.891. The van der Waals surface area contributed by atoms with Crippen LogP contribution in [0, 0.1) is 0 Å². The van der Waals surface area contributed by atoms with Crippen molar-refractivity contribution in [2.24, 2.45) is 0 Å². The van der Waals surface area contributed by atoms with Crippen molar-refractivity contribution in [2.75, 3.05) is 6.54 Å². The predicted octanol–water partition coefficient (Wildman–Crippen LogP) is -0.681. The number of hydrogen-bond acceptors (Lipinski definition) is 6. The van der Waals surface area contributed by atoms with E-state index in [-0.39, 0.29) is 11.4 Å². The summed E-state index contributed by atoms with van der Waals surface area (Å²) in [5.74, 6) is -2.48. The highest BCUT2D eigenvalue weighted by molar-refractivity contribution is 7.80. The summed E-state index contributed by atoms with van der Waals surface area (Å²) in [5.41, 5.74) is 0. The van der Waals surface area contributed by atoms with Gasteiger partial charge in [-0.25, -0.2) is 4.79 Å². The van der Waals surface area contributed by atoms with Gasteiger partial charge < -0.3 is 4.84 Å². The molecule has 1 fully saturated rings. The summed E-state index contributed by atoms with van der Waals surface area (Å²) < 4.78 is 0. The lowest BCUT2D eigenvalue weighted by molar-refractivity contribution is -0.181. The molecule has 18 heavy (non-hydrogen) atoms. The van der Waals surface area contributed by atoms with Crippen LogP contribution in [0.4, 0.5) is 0 Å². The van der Waals surface area contributed by atoms with Gasteiger partial charge in [0, 0.05) is 25.0 Å². The molecule has 0 bridgehead atoms. The lowest BCUT2D eigenvalue weighted by Crippen LogP contribution is -2.39. The Labute approximate surface area is 107 Å². The van der Waals surface area contributed by atoms with Crippen LogP contribution >= 0.6 is 12.2 Å². The average molecular weight is 268 g/mol. The van der Waals surface area contributed by atoms with E-state index in [0.717, 1.165) is 17.2 Å². The van der Waals surface area contributed by atoms with E-state index < -0.39 is 30.2 Å². The fraction of sp³-hybridized carbons (Fsp3) is 0.300. The molecule has 1 saturated heterocycles. The Bertz CT molecular complexity index is 458. The second-order valence-electron chi connectivity index (χ2n) is 3.64. The van der Waals surface area contributed by atoms with E-state index >= 15 is 0 Å². The van der Waals surface area contributed by atoms with Crippen LogP contribution in [0.2, 0.25) is 0 Å². The van der Waals surface area contributed by atoms with E-state index in [9.17, 15) is 19.2 Å². The summed E-state index contributed by atoms with van der Waals surface area (Å²) in [6.07, 6.45) is 2.66. The van der Waals surface area contributed by atoms with Crippen molar-refractivity contribution in [3.05, 3.63) is 12.2 Å². The van der Waals surface area contributed by atoms with Crippen LogP contribution in [0.1, 0.15) is 12.8 Å². The molecular weight excluding hydrogens is 260 g/mol. The largest absolute Gasteiger partial charge is 0.352 e. The normalized spacial score (nSPS) is 19.1. The molecule has 0 radical (unpaired) electrons. The van der Waals surface area contributed by atoms with E-state index in [4.69, 9.17) is 17.1 Å². The number of thiocarbonyl (C=S) groups is 1. The first-order chi connectivity index (χ1) is 8.49. The number of nitrogens with zero attached hydrogens (tertiary/aromatic N) is 2. The van der Waals surface area contributed by atoms with E-state index in [2.05, 4.69) is 0 Å². The summed E-state index contributed by atoms with van der Waals surface area (Å²) in [7, 11) is 0. The van der Waals surface area contributed by atoms with Crippen molar-refractivity contribution in [1.82, 2.24) is 9.96 Å². The Kier molecular flexibility index (Phi) is 3.19. The maximum atomic E-state index is 11.5. The number of amides is 3. The highest BCUT2D eigenvalue weighted by Crippen LogP contribution is 2.14. The van der Waals surface area contributed by atoms with Gasteiger partial charge in [0.1, 0.15) is 11.5 Å². The molecular formula is C10H8N2O5S. The zero-order valence-electron chi connectivity index (χ0n) is 9.12. The molecule has 0 atom stereocenters. The SMILES string of the molecule is O=C(CN1C(=O)C=CC1=O)ON1C(=O)CCC1=S. The van der Waals surface area contributed by atoms with Crippen LogP contribution in [0.25, 0.3) is 0 Å².